The average Bonchev–Trinajstić information content (AvgIpc) is 2.52. The van der Waals surface area contributed by atoms with Crippen molar-refractivity contribution in [2.24, 2.45) is 0 Å². The predicted octanol–water partition coefficient (Wildman–Crippen LogP) is 5.31. The lowest BCUT2D eigenvalue weighted by Crippen LogP contribution is -2.16. The largest absolute Gasteiger partial charge is 0.485 e. The minimum Gasteiger partial charge on any atom is -0.485 e. The van der Waals surface area contributed by atoms with Gasteiger partial charge in [0.15, 0.2) is 0 Å². The molecule has 23 heavy (non-hydrogen) atoms. The molecule has 0 amide bonds. The third-order valence-electron chi connectivity index (χ3n) is 3.36. The lowest BCUT2D eigenvalue weighted by Gasteiger charge is -2.24. The molecular formula is C20H27NOS. The fraction of sp³-hybridized carbons (Fsp3) is 0.400. The van der Waals surface area contributed by atoms with Crippen LogP contribution in [0.2, 0.25) is 0 Å². The van der Waals surface area contributed by atoms with Crippen molar-refractivity contribution in [1.82, 2.24) is 5.32 Å². The van der Waals surface area contributed by atoms with Gasteiger partial charge in [0.25, 0.3) is 0 Å². The second kappa shape index (κ2) is 8.42. The number of ether oxygens (including phenoxy) is 1. The fourth-order valence-corrected chi connectivity index (χ4v) is 3.37. The van der Waals surface area contributed by atoms with Crippen LogP contribution in [0.3, 0.4) is 0 Å². The molecule has 0 bridgehead atoms. The maximum atomic E-state index is 6.42. The molecule has 0 aliphatic carbocycles. The van der Waals surface area contributed by atoms with Gasteiger partial charge >= 0.3 is 0 Å². The van der Waals surface area contributed by atoms with Gasteiger partial charge in [-0.3, -0.25) is 0 Å². The second-order valence-electron chi connectivity index (χ2n) is 6.57. The van der Waals surface area contributed by atoms with Crippen LogP contribution in [-0.2, 0) is 0 Å². The first-order valence-electron chi connectivity index (χ1n) is 8.14. The Hall–Kier alpha value is -1.45. The SMILES string of the molecule is CNCCC(Oc1ccccc1SC(C)(C)C)c1ccccc1. The van der Waals surface area contributed by atoms with E-state index < -0.39 is 0 Å². The molecule has 0 spiro atoms. The van der Waals surface area contributed by atoms with E-state index in [9.17, 15) is 0 Å². The molecule has 2 aromatic rings. The van der Waals surface area contributed by atoms with E-state index in [0.717, 1.165) is 18.7 Å². The Balaban J connectivity index is 2.22. The summed E-state index contributed by atoms with van der Waals surface area (Å²) < 4.78 is 6.58. The van der Waals surface area contributed by atoms with Crippen molar-refractivity contribution >= 4 is 11.8 Å². The summed E-state index contributed by atoms with van der Waals surface area (Å²) in [6.45, 7) is 7.60. The van der Waals surface area contributed by atoms with Gasteiger partial charge in [-0.1, -0.05) is 63.2 Å². The highest BCUT2D eigenvalue weighted by Crippen LogP contribution is 2.39. The van der Waals surface area contributed by atoms with Crippen molar-refractivity contribution in [3.8, 4) is 5.75 Å². The number of rotatable bonds is 7. The Labute approximate surface area is 144 Å². The molecule has 2 rings (SSSR count). The maximum absolute atomic E-state index is 6.42. The quantitative estimate of drug-likeness (QED) is 0.696. The van der Waals surface area contributed by atoms with Crippen LogP contribution in [0, 0.1) is 0 Å². The van der Waals surface area contributed by atoms with Crippen molar-refractivity contribution in [2.45, 2.75) is 42.9 Å². The molecule has 1 N–H and O–H groups in total. The minimum atomic E-state index is 0.0605. The first kappa shape index (κ1) is 17.9. The zero-order chi connectivity index (χ0) is 16.7. The summed E-state index contributed by atoms with van der Waals surface area (Å²) in [6, 6.07) is 18.8. The van der Waals surface area contributed by atoms with Crippen LogP contribution in [0.1, 0.15) is 38.9 Å². The summed E-state index contributed by atoms with van der Waals surface area (Å²) >= 11 is 1.85. The minimum absolute atomic E-state index is 0.0605. The molecule has 124 valence electrons. The highest BCUT2D eigenvalue weighted by molar-refractivity contribution is 8.00. The number of hydrogen-bond acceptors (Lipinski definition) is 3. The van der Waals surface area contributed by atoms with Crippen molar-refractivity contribution in [1.29, 1.82) is 0 Å². The van der Waals surface area contributed by atoms with Crippen molar-refractivity contribution in [3.05, 3.63) is 60.2 Å². The third kappa shape index (κ3) is 5.92. The number of hydrogen-bond donors (Lipinski definition) is 1. The van der Waals surface area contributed by atoms with E-state index in [1.54, 1.807) is 0 Å². The van der Waals surface area contributed by atoms with Gasteiger partial charge in [-0.2, -0.15) is 0 Å². The molecule has 0 saturated heterocycles. The Morgan fingerprint density at radius 1 is 1.00 bits per heavy atom. The monoisotopic (exact) mass is 329 g/mol. The molecule has 1 unspecified atom stereocenters. The Bertz CT molecular complexity index is 592. The molecule has 2 aromatic carbocycles. The fourth-order valence-electron chi connectivity index (χ4n) is 2.35. The van der Waals surface area contributed by atoms with Crippen molar-refractivity contribution in [3.63, 3.8) is 0 Å². The van der Waals surface area contributed by atoms with E-state index in [1.807, 2.05) is 30.9 Å². The zero-order valence-electron chi connectivity index (χ0n) is 14.5. The molecule has 2 nitrogen and oxygen atoms in total. The molecule has 3 heteroatoms. The molecule has 0 aliphatic heterocycles. The van der Waals surface area contributed by atoms with Crippen molar-refractivity contribution in [2.75, 3.05) is 13.6 Å². The van der Waals surface area contributed by atoms with Gasteiger partial charge in [-0.25, -0.2) is 0 Å². The topological polar surface area (TPSA) is 21.3 Å². The number of thioether (sulfide) groups is 1. The molecule has 0 aromatic heterocycles. The molecule has 0 saturated carbocycles. The van der Waals surface area contributed by atoms with Gasteiger partial charge in [-0.15, -0.1) is 11.8 Å². The highest BCUT2D eigenvalue weighted by Gasteiger charge is 2.18. The predicted molar refractivity (Wildman–Crippen MR) is 100 cm³/mol. The highest BCUT2D eigenvalue weighted by atomic mass is 32.2. The van der Waals surface area contributed by atoms with Crippen LogP contribution in [0.25, 0.3) is 0 Å². The van der Waals surface area contributed by atoms with Gasteiger partial charge < -0.3 is 10.1 Å². The van der Waals surface area contributed by atoms with Crippen molar-refractivity contribution < 1.29 is 4.74 Å². The lowest BCUT2D eigenvalue weighted by molar-refractivity contribution is 0.190. The molecule has 0 fully saturated rings. The maximum Gasteiger partial charge on any atom is 0.133 e. The number of nitrogens with one attached hydrogen (secondary N) is 1. The molecule has 0 heterocycles. The molecular weight excluding hydrogens is 302 g/mol. The van der Waals surface area contributed by atoms with E-state index >= 15 is 0 Å². The average molecular weight is 330 g/mol. The van der Waals surface area contributed by atoms with Crippen LogP contribution in [0.4, 0.5) is 0 Å². The first-order valence-corrected chi connectivity index (χ1v) is 8.95. The van der Waals surface area contributed by atoms with Crippen LogP contribution >= 0.6 is 11.8 Å². The molecule has 1 atom stereocenters. The normalized spacial score (nSPS) is 12.9. The van der Waals surface area contributed by atoms with Gasteiger partial charge in [0.05, 0.1) is 0 Å². The van der Waals surface area contributed by atoms with E-state index in [0.29, 0.717) is 0 Å². The summed E-state index contributed by atoms with van der Waals surface area (Å²) in [6.07, 6.45) is 1.00. The van der Waals surface area contributed by atoms with Gasteiger partial charge in [0.2, 0.25) is 0 Å². The van der Waals surface area contributed by atoms with E-state index in [-0.39, 0.29) is 10.9 Å². The van der Waals surface area contributed by atoms with Crippen LogP contribution in [0.5, 0.6) is 5.75 Å². The van der Waals surface area contributed by atoms with Crippen LogP contribution < -0.4 is 10.1 Å². The number of para-hydroxylation sites is 1. The van der Waals surface area contributed by atoms with Gasteiger partial charge in [0, 0.05) is 16.1 Å². The van der Waals surface area contributed by atoms with Gasteiger partial charge in [-0.05, 0) is 31.3 Å². The standard InChI is InChI=1S/C20H27NOS/c1-20(2,3)23-19-13-9-8-12-18(19)22-17(14-15-21-4)16-10-6-5-7-11-16/h5-13,17,21H,14-15H2,1-4H3. The second-order valence-corrected chi connectivity index (χ2v) is 8.44. The Kier molecular flexibility index (Phi) is 6.55. The smallest absolute Gasteiger partial charge is 0.133 e. The summed E-state index contributed by atoms with van der Waals surface area (Å²) in [4.78, 5) is 1.20. The zero-order valence-corrected chi connectivity index (χ0v) is 15.3. The van der Waals surface area contributed by atoms with E-state index in [4.69, 9.17) is 4.74 Å². The summed E-state index contributed by atoms with van der Waals surface area (Å²) in [5.41, 5.74) is 1.22. The molecule has 0 aliphatic rings. The third-order valence-corrected chi connectivity index (χ3v) is 4.53. The van der Waals surface area contributed by atoms with Crippen LogP contribution in [0.15, 0.2) is 59.5 Å². The first-order chi connectivity index (χ1) is 11.0. The van der Waals surface area contributed by atoms with Gasteiger partial charge in [0.1, 0.15) is 11.9 Å². The van der Waals surface area contributed by atoms with Crippen LogP contribution in [-0.4, -0.2) is 18.3 Å². The summed E-state index contributed by atoms with van der Waals surface area (Å²) in [5.74, 6) is 0.970. The van der Waals surface area contributed by atoms with E-state index in [2.05, 4.69) is 68.6 Å². The summed E-state index contributed by atoms with van der Waals surface area (Å²) in [7, 11) is 1.98. The van der Waals surface area contributed by atoms with E-state index in [1.165, 1.54) is 10.5 Å². The Morgan fingerprint density at radius 2 is 1.65 bits per heavy atom. The lowest BCUT2D eigenvalue weighted by atomic mass is 10.1. The number of benzene rings is 2. The summed E-state index contributed by atoms with van der Waals surface area (Å²) in [5, 5.41) is 3.22. The Morgan fingerprint density at radius 3 is 2.30 bits per heavy atom. The molecule has 0 radical (unpaired) electrons.